The van der Waals surface area contributed by atoms with Gasteiger partial charge in [0.05, 0.1) is 26.7 Å². The molecule has 2 unspecified atom stereocenters. The zero-order chi connectivity index (χ0) is 26.8. The average molecular weight is 598 g/mol. The highest BCUT2D eigenvalue weighted by Crippen LogP contribution is 2.42. The first-order chi connectivity index (χ1) is 16.8. The number of carbonyl (C=O) groups is 1. The number of alkyl halides is 3. The first-order valence-electron chi connectivity index (χ1n) is 9.90. The molecule has 0 amide bonds. The van der Waals surface area contributed by atoms with Crippen LogP contribution in [-0.4, -0.2) is 11.9 Å². The summed E-state index contributed by atoms with van der Waals surface area (Å²) < 4.78 is 49.9. The van der Waals surface area contributed by atoms with Crippen molar-refractivity contribution < 1.29 is 27.4 Å². The molecule has 0 N–H and O–H groups in total. The number of hydrogen-bond acceptors (Lipinski definition) is 4. The molecule has 0 saturated carbocycles. The van der Waals surface area contributed by atoms with Crippen LogP contribution in [0.4, 0.5) is 13.2 Å². The summed E-state index contributed by atoms with van der Waals surface area (Å²) in [5, 5.41) is 9.78. The summed E-state index contributed by atoms with van der Waals surface area (Å²) in [7, 11) is 0. The number of carbonyl (C=O) groups excluding carboxylic acids is 1. The summed E-state index contributed by atoms with van der Waals surface area (Å²) in [5.74, 6) is -2.04. The number of benzene rings is 3. The van der Waals surface area contributed by atoms with Gasteiger partial charge in [0.1, 0.15) is 23.2 Å². The van der Waals surface area contributed by atoms with E-state index < -0.39 is 29.5 Å². The molecular formula is C24H13Cl5F3NO3. The van der Waals surface area contributed by atoms with E-state index in [-0.39, 0.29) is 42.9 Å². The van der Waals surface area contributed by atoms with Crippen molar-refractivity contribution in [3.05, 3.63) is 84.8 Å². The largest absolute Gasteiger partial charge is 0.481 e. The lowest BCUT2D eigenvalue weighted by Gasteiger charge is -2.19. The minimum Gasteiger partial charge on any atom is -0.481 e. The van der Waals surface area contributed by atoms with Crippen LogP contribution >= 0.6 is 58.0 Å². The van der Waals surface area contributed by atoms with Gasteiger partial charge in [0, 0.05) is 16.1 Å². The zero-order valence-corrected chi connectivity index (χ0v) is 21.7. The van der Waals surface area contributed by atoms with Crippen molar-refractivity contribution >= 4 is 63.8 Å². The fourth-order valence-electron chi connectivity index (χ4n) is 3.06. The van der Waals surface area contributed by atoms with Crippen molar-refractivity contribution in [2.45, 2.75) is 25.1 Å². The van der Waals surface area contributed by atoms with Crippen molar-refractivity contribution in [3.63, 3.8) is 0 Å². The summed E-state index contributed by atoms with van der Waals surface area (Å²) in [6.07, 6.45) is -5.75. The maximum atomic E-state index is 13.0. The number of halogens is 8. The molecular weight excluding hydrogens is 585 g/mol. The third-order valence-electron chi connectivity index (χ3n) is 4.86. The van der Waals surface area contributed by atoms with E-state index in [9.17, 15) is 23.2 Å². The molecule has 0 aliphatic rings. The second-order valence-corrected chi connectivity index (χ2v) is 9.41. The van der Waals surface area contributed by atoms with Crippen LogP contribution in [0.2, 0.25) is 25.1 Å². The Hall–Kier alpha value is -2.34. The van der Waals surface area contributed by atoms with Crippen LogP contribution in [0.25, 0.3) is 0 Å². The van der Waals surface area contributed by atoms with Gasteiger partial charge in [-0.05, 0) is 48.9 Å². The minimum atomic E-state index is -4.58. The summed E-state index contributed by atoms with van der Waals surface area (Å²) in [6.45, 7) is 1.41. The Bertz CT molecular complexity index is 1360. The highest BCUT2D eigenvalue weighted by atomic mass is 35.5. The highest BCUT2D eigenvalue weighted by Gasteiger charge is 2.32. The lowest BCUT2D eigenvalue weighted by molar-refractivity contribution is -0.137. The first kappa shape index (κ1) is 28.2. The van der Waals surface area contributed by atoms with E-state index in [1.54, 1.807) is 0 Å². The third-order valence-corrected chi connectivity index (χ3v) is 6.31. The van der Waals surface area contributed by atoms with Gasteiger partial charge in [-0.3, -0.25) is 4.79 Å². The Kier molecular flexibility index (Phi) is 8.92. The Morgan fingerprint density at radius 2 is 1.50 bits per heavy atom. The summed E-state index contributed by atoms with van der Waals surface area (Å²) in [6, 6.07) is 11.3. The van der Waals surface area contributed by atoms with Gasteiger partial charge in [-0.2, -0.15) is 18.4 Å². The first-order valence-corrected chi connectivity index (χ1v) is 11.8. The average Bonchev–Trinajstić information content (AvgIpc) is 2.79. The van der Waals surface area contributed by atoms with Crippen molar-refractivity contribution in [1.29, 1.82) is 5.26 Å². The molecule has 0 heterocycles. The van der Waals surface area contributed by atoms with Crippen LogP contribution in [0.5, 0.6) is 17.2 Å². The van der Waals surface area contributed by atoms with Gasteiger partial charge in [-0.15, -0.1) is 0 Å². The monoisotopic (exact) mass is 595 g/mol. The Morgan fingerprint density at radius 1 is 0.861 bits per heavy atom. The lowest BCUT2D eigenvalue weighted by Crippen LogP contribution is -2.29. The number of nitrogens with zero attached hydrogens (tertiary/aromatic N) is 1. The Labute approximate surface area is 229 Å². The fourth-order valence-corrected chi connectivity index (χ4v) is 4.27. The van der Waals surface area contributed by atoms with Crippen LogP contribution in [-0.2, 0) is 11.0 Å². The standard InChI is InChI=1S/C24H13Cl5F3NO3/c1-11(23(34)15(10-33)14-4-3-13(25)7-16(14)26)35-21-9-22(19(29)8-18(21)28)36-20-5-2-12(6-17(20)27)24(30,31)32/h2-9,11,15H,1H3. The Morgan fingerprint density at radius 3 is 2.08 bits per heavy atom. The minimum absolute atomic E-state index is 0.00476. The number of Topliss-reactive ketones (excluding diaryl/α,β-unsaturated/α-hetero) is 1. The molecule has 0 aliphatic heterocycles. The highest BCUT2D eigenvalue weighted by molar-refractivity contribution is 6.37. The van der Waals surface area contributed by atoms with Crippen LogP contribution in [0.3, 0.4) is 0 Å². The molecule has 3 aromatic carbocycles. The molecule has 0 bridgehead atoms. The van der Waals surface area contributed by atoms with E-state index >= 15 is 0 Å². The van der Waals surface area contributed by atoms with Gasteiger partial charge in [0.2, 0.25) is 0 Å². The van der Waals surface area contributed by atoms with Gasteiger partial charge in [-0.25, -0.2) is 0 Å². The topological polar surface area (TPSA) is 59.3 Å². The molecule has 0 saturated heterocycles. The van der Waals surface area contributed by atoms with Gasteiger partial charge in [0.15, 0.2) is 11.9 Å². The molecule has 188 valence electrons. The molecule has 3 aromatic rings. The van der Waals surface area contributed by atoms with Crippen molar-refractivity contribution in [2.24, 2.45) is 0 Å². The third kappa shape index (κ3) is 6.50. The maximum absolute atomic E-state index is 13.0. The molecule has 4 nitrogen and oxygen atoms in total. The van der Waals surface area contributed by atoms with E-state index in [1.807, 2.05) is 6.07 Å². The normalized spacial score (nSPS) is 13.0. The van der Waals surface area contributed by atoms with E-state index in [0.717, 1.165) is 12.1 Å². The lowest BCUT2D eigenvalue weighted by atomic mass is 9.93. The SMILES string of the molecule is CC(Oc1cc(Oc2ccc(C(F)(F)F)cc2Cl)c(Cl)cc1Cl)C(=O)C(C#N)c1ccc(Cl)cc1Cl. The second-order valence-electron chi connectivity index (χ2n) is 7.35. The zero-order valence-electron chi connectivity index (χ0n) is 18.0. The second kappa shape index (κ2) is 11.4. The predicted octanol–water partition coefficient (Wildman–Crippen LogP) is 9.41. The number of hydrogen-bond donors (Lipinski definition) is 0. The number of rotatable bonds is 7. The number of ether oxygens (including phenoxy) is 2. The molecule has 36 heavy (non-hydrogen) atoms. The Balaban J connectivity index is 1.85. The van der Waals surface area contributed by atoms with Crippen LogP contribution < -0.4 is 9.47 Å². The molecule has 0 spiro atoms. The molecule has 0 aromatic heterocycles. The predicted molar refractivity (Wildman–Crippen MR) is 133 cm³/mol. The van der Waals surface area contributed by atoms with Gasteiger partial charge in [0.25, 0.3) is 0 Å². The molecule has 0 aliphatic carbocycles. The van der Waals surface area contributed by atoms with Crippen LogP contribution in [0.1, 0.15) is 24.0 Å². The van der Waals surface area contributed by atoms with Crippen molar-refractivity contribution in [2.75, 3.05) is 0 Å². The summed E-state index contributed by atoms with van der Waals surface area (Å²) >= 11 is 30.3. The van der Waals surface area contributed by atoms with Crippen LogP contribution in [0.15, 0.2) is 48.5 Å². The molecule has 0 fully saturated rings. The smallest absolute Gasteiger partial charge is 0.416 e. The molecule has 2 atom stereocenters. The number of ketones is 1. The van der Waals surface area contributed by atoms with Crippen molar-refractivity contribution in [3.8, 4) is 23.3 Å². The van der Waals surface area contributed by atoms with E-state index in [2.05, 4.69) is 0 Å². The number of nitriles is 1. The van der Waals surface area contributed by atoms with Gasteiger partial charge >= 0.3 is 6.18 Å². The summed E-state index contributed by atoms with van der Waals surface area (Å²) in [5.41, 5.74) is -0.696. The van der Waals surface area contributed by atoms with E-state index in [1.165, 1.54) is 37.3 Å². The molecule has 12 heteroatoms. The van der Waals surface area contributed by atoms with Gasteiger partial charge < -0.3 is 9.47 Å². The van der Waals surface area contributed by atoms with Gasteiger partial charge in [-0.1, -0.05) is 64.1 Å². The fraction of sp³-hybridized carbons (Fsp3) is 0.167. The maximum Gasteiger partial charge on any atom is 0.416 e. The van der Waals surface area contributed by atoms with Crippen molar-refractivity contribution in [1.82, 2.24) is 0 Å². The van der Waals surface area contributed by atoms with E-state index in [0.29, 0.717) is 11.1 Å². The van der Waals surface area contributed by atoms with E-state index in [4.69, 9.17) is 67.5 Å². The summed E-state index contributed by atoms with van der Waals surface area (Å²) in [4.78, 5) is 13.0. The molecule has 3 rings (SSSR count). The van der Waals surface area contributed by atoms with Crippen LogP contribution in [0, 0.1) is 11.3 Å². The quantitative estimate of drug-likeness (QED) is 0.272. The molecule has 0 radical (unpaired) electrons.